The summed E-state index contributed by atoms with van der Waals surface area (Å²) in [5.74, 6) is 1.77. The van der Waals surface area contributed by atoms with E-state index in [-0.39, 0.29) is 6.04 Å². The summed E-state index contributed by atoms with van der Waals surface area (Å²) in [6.07, 6.45) is 7.22. The van der Waals surface area contributed by atoms with E-state index in [1.165, 1.54) is 0 Å². The van der Waals surface area contributed by atoms with Crippen LogP contribution in [0.1, 0.15) is 30.2 Å². The lowest BCUT2D eigenvalue weighted by atomic mass is 10.2. The maximum atomic E-state index is 5.82. The fourth-order valence-electron chi connectivity index (χ4n) is 3.13. The fraction of sp³-hybridized carbons (Fsp3) is 0.333. The lowest BCUT2D eigenvalue weighted by molar-refractivity contribution is 0.0991. The van der Waals surface area contributed by atoms with Gasteiger partial charge < -0.3 is 14.2 Å². The van der Waals surface area contributed by atoms with Gasteiger partial charge in [0.05, 0.1) is 36.8 Å². The van der Waals surface area contributed by atoms with Crippen LogP contribution in [-0.4, -0.2) is 31.0 Å². The summed E-state index contributed by atoms with van der Waals surface area (Å²) in [7, 11) is 0. The zero-order valence-corrected chi connectivity index (χ0v) is 14.1. The monoisotopic (exact) mass is 336 g/mol. The van der Waals surface area contributed by atoms with Crippen molar-refractivity contribution in [2.45, 2.75) is 32.7 Å². The molecule has 7 heteroatoms. The zero-order valence-electron chi connectivity index (χ0n) is 14.1. The number of imidazole rings is 1. The third-order valence-corrected chi connectivity index (χ3v) is 4.41. The van der Waals surface area contributed by atoms with Crippen LogP contribution in [0.3, 0.4) is 0 Å². The number of pyridine rings is 1. The van der Waals surface area contributed by atoms with Crippen molar-refractivity contribution in [3.63, 3.8) is 0 Å². The van der Waals surface area contributed by atoms with Gasteiger partial charge in [-0.05, 0) is 25.1 Å². The number of hydrogen-bond donors (Lipinski definition) is 0. The van der Waals surface area contributed by atoms with Crippen molar-refractivity contribution in [1.82, 2.24) is 24.5 Å². The van der Waals surface area contributed by atoms with E-state index in [1.807, 2.05) is 30.5 Å². The van der Waals surface area contributed by atoms with Crippen LogP contribution in [0.4, 0.5) is 5.95 Å². The maximum Gasteiger partial charge on any atom is 0.225 e. The minimum atomic E-state index is 0.126. The highest BCUT2D eigenvalue weighted by molar-refractivity contribution is 5.34. The van der Waals surface area contributed by atoms with E-state index >= 15 is 0 Å². The highest BCUT2D eigenvalue weighted by Crippen LogP contribution is 2.28. The molecule has 4 rings (SSSR count). The Hall–Kier alpha value is -2.80. The summed E-state index contributed by atoms with van der Waals surface area (Å²) in [5, 5.41) is 0. The van der Waals surface area contributed by atoms with Crippen molar-refractivity contribution in [2.75, 3.05) is 11.4 Å². The van der Waals surface area contributed by atoms with Gasteiger partial charge in [0.1, 0.15) is 5.82 Å². The summed E-state index contributed by atoms with van der Waals surface area (Å²) in [6.45, 7) is 4.86. The average Bonchev–Trinajstić information content (AvgIpc) is 3.08. The molecule has 1 aliphatic rings. The van der Waals surface area contributed by atoms with Crippen LogP contribution in [0.2, 0.25) is 0 Å². The molecule has 128 valence electrons. The second-order valence-electron chi connectivity index (χ2n) is 5.99. The smallest absolute Gasteiger partial charge is 0.225 e. The minimum Gasteiger partial charge on any atom is -0.369 e. The first-order valence-corrected chi connectivity index (χ1v) is 8.38. The molecular weight excluding hydrogens is 316 g/mol. The molecule has 0 saturated carbocycles. The van der Waals surface area contributed by atoms with Gasteiger partial charge in [-0.2, -0.15) is 0 Å². The lowest BCUT2D eigenvalue weighted by Gasteiger charge is -2.34. The Labute approximate surface area is 146 Å². The molecule has 0 fully saturated rings. The molecule has 0 saturated heterocycles. The van der Waals surface area contributed by atoms with E-state index in [0.717, 1.165) is 36.3 Å². The Morgan fingerprint density at radius 2 is 1.84 bits per heavy atom. The van der Waals surface area contributed by atoms with Crippen LogP contribution in [0.25, 0.3) is 0 Å². The third kappa shape index (κ3) is 3.23. The molecule has 0 bridgehead atoms. The molecule has 3 aromatic rings. The highest BCUT2D eigenvalue weighted by Gasteiger charge is 2.28. The Kier molecular flexibility index (Phi) is 4.39. The van der Waals surface area contributed by atoms with Crippen molar-refractivity contribution in [2.24, 2.45) is 0 Å². The summed E-state index contributed by atoms with van der Waals surface area (Å²) in [6, 6.07) is 7.79. The van der Waals surface area contributed by atoms with Crippen molar-refractivity contribution < 1.29 is 4.74 Å². The van der Waals surface area contributed by atoms with Crippen molar-refractivity contribution >= 4 is 5.95 Å². The summed E-state index contributed by atoms with van der Waals surface area (Å²) in [4.78, 5) is 19.8. The van der Waals surface area contributed by atoms with E-state index in [2.05, 4.69) is 36.3 Å². The fourth-order valence-corrected chi connectivity index (χ4v) is 3.13. The molecule has 0 unspecified atom stereocenters. The van der Waals surface area contributed by atoms with Gasteiger partial charge in [-0.25, -0.2) is 15.0 Å². The van der Waals surface area contributed by atoms with Crippen LogP contribution in [0.15, 0.2) is 49.1 Å². The molecular formula is C18H20N6O. The standard InChI is InChI=1S/C18H20N6O/c1-14-17-22-11-16(13-25-12-15-5-2-3-6-19-15)24(17)10-9-23(14)18-20-7-4-8-21-18/h2-8,11,14H,9-10,12-13H2,1H3/t14-/m0/s1. The topological polar surface area (TPSA) is 69.0 Å². The first-order valence-electron chi connectivity index (χ1n) is 8.38. The van der Waals surface area contributed by atoms with Gasteiger partial charge in [-0.15, -0.1) is 0 Å². The molecule has 0 aliphatic carbocycles. The van der Waals surface area contributed by atoms with Crippen molar-refractivity contribution in [3.8, 4) is 0 Å². The zero-order chi connectivity index (χ0) is 17.1. The normalized spacial score (nSPS) is 16.7. The van der Waals surface area contributed by atoms with E-state index in [1.54, 1.807) is 18.6 Å². The summed E-state index contributed by atoms with van der Waals surface area (Å²) in [5.41, 5.74) is 2.02. The second-order valence-corrected chi connectivity index (χ2v) is 5.99. The molecule has 0 N–H and O–H groups in total. The van der Waals surface area contributed by atoms with E-state index in [0.29, 0.717) is 13.2 Å². The van der Waals surface area contributed by atoms with E-state index < -0.39 is 0 Å². The average molecular weight is 336 g/mol. The van der Waals surface area contributed by atoms with Crippen LogP contribution in [-0.2, 0) is 24.5 Å². The van der Waals surface area contributed by atoms with Gasteiger partial charge in [0, 0.05) is 31.7 Å². The molecule has 25 heavy (non-hydrogen) atoms. The number of fused-ring (bicyclic) bond motifs is 1. The number of ether oxygens (including phenoxy) is 1. The Bertz CT molecular complexity index is 820. The van der Waals surface area contributed by atoms with Crippen LogP contribution in [0, 0.1) is 0 Å². The van der Waals surface area contributed by atoms with Crippen LogP contribution < -0.4 is 4.90 Å². The highest BCUT2D eigenvalue weighted by atomic mass is 16.5. The second kappa shape index (κ2) is 6.98. The van der Waals surface area contributed by atoms with Gasteiger partial charge >= 0.3 is 0 Å². The first-order chi connectivity index (χ1) is 12.3. The minimum absolute atomic E-state index is 0.126. The Balaban J connectivity index is 1.44. The Morgan fingerprint density at radius 1 is 1.00 bits per heavy atom. The maximum absolute atomic E-state index is 5.82. The molecule has 0 radical (unpaired) electrons. The summed E-state index contributed by atoms with van der Waals surface area (Å²) >= 11 is 0. The molecule has 1 atom stereocenters. The molecule has 1 aliphatic heterocycles. The van der Waals surface area contributed by atoms with E-state index in [9.17, 15) is 0 Å². The molecule has 4 heterocycles. The molecule has 0 spiro atoms. The number of hydrogen-bond acceptors (Lipinski definition) is 6. The molecule has 0 aromatic carbocycles. The van der Waals surface area contributed by atoms with Gasteiger partial charge in [0.2, 0.25) is 5.95 Å². The van der Waals surface area contributed by atoms with Crippen molar-refractivity contribution in [3.05, 3.63) is 66.3 Å². The number of aromatic nitrogens is 5. The quantitative estimate of drug-likeness (QED) is 0.712. The number of rotatable bonds is 5. The Morgan fingerprint density at radius 3 is 2.64 bits per heavy atom. The first kappa shape index (κ1) is 15.7. The van der Waals surface area contributed by atoms with Gasteiger partial charge in [-0.1, -0.05) is 6.07 Å². The van der Waals surface area contributed by atoms with Crippen molar-refractivity contribution in [1.29, 1.82) is 0 Å². The predicted octanol–water partition coefficient (Wildman–Crippen LogP) is 2.37. The van der Waals surface area contributed by atoms with Gasteiger partial charge in [-0.3, -0.25) is 4.98 Å². The third-order valence-electron chi connectivity index (χ3n) is 4.41. The molecule has 7 nitrogen and oxygen atoms in total. The van der Waals surface area contributed by atoms with Crippen LogP contribution >= 0.6 is 0 Å². The lowest BCUT2D eigenvalue weighted by Crippen LogP contribution is -2.38. The van der Waals surface area contributed by atoms with Gasteiger partial charge in [0.25, 0.3) is 0 Å². The molecule has 3 aromatic heterocycles. The number of anilines is 1. The summed E-state index contributed by atoms with van der Waals surface area (Å²) < 4.78 is 8.05. The van der Waals surface area contributed by atoms with E-state index in [4.69, 9.17) is 4.74 Å². The SMILES string of the molecule is C[C@H]1c2ncc(COCc3ccccn3)n2CCN1c1ncccn1. The largest absolute Gasteiger partial charge is 0.369 e. The molecule has 0 amide bonds. The number of nitrogens with zero attached hydrogens (tertiary/aromatic N) is 6. The van der Waals surface area contributed by atoms with Crippen LogP contribution in [0.5, 0.6) is 0 Å². The predicted molar refractivity (Wildman–Crippen MR) is 92.8 cm³/mol. The van der Waals surface area contributed by atoms with Gasteiger partial charge in [0.15, 0.2) is 0 Å².